The predicted molar refractivity (Wildman–Crippen MR) is 55.8 cm³/mol. The van der Waals surface area contributed by atoms with Gasteiger partial charge < -0.3 is 10.6 Å². The lowest BCUT2D eigenvalue weighted by Gasteiger charge is -2.30. The van der Waals surface area contributed by atoms with Crippen LogP contribution < -0.4 is 5.73 Å². The van der Waals surface area contributed by atoms with Crippen molar-refractivity contribution in [1.29, 1.82) is 5.41 Å². The fourth-order valence-corrected chi connectivity index (χ4v) is 2.62. The van der Waals surface area contributed by atoms with Crippen LogP contribution in [0.4, 0.5) is 13.2 Å². The molecule has 0 spiro atoms. The van der Waals surface area contributed by atoms with Gasteiger partial charge in [0.05, 0.1) is 0 Å². The second-order valence-corrected chi connectivity index (χ2v) is 5.39. The van der Waals surface area contributed by atoms with Crippen LogP contribution in [0.25, 0.3) is 0 Å². The Morgan fingerprint density at radius 1 is 1.44 bits per heavy atom. The SMILES string of the molecule is N=C(N)C(CN1CCS(=O)CC1)C(F)(F)F. The molecule has 0 aromatic heterocycles. The summed E-state index contributed by atoms with van der Waals surface area (Å²) in [6.07, 6.45) is -4.48. The van der Waals surface area contributed by atoms with Crippen LogP contribution >= 0.6 is 0 Å². The number of hydrogen-bond donors (Lipinski definition) is 2. The highest BCUT2D eigenvalue weighted by molar-refractivity contribution is 7.85. The van der Waals surface area contributed by atoms with Gasteiger partial charge in [-0.2, -0.15) is 13.2 Å². The van der Waals surface area contributed by atoms with E-state index < -0.39 is 28.7 Å². The van der Waals surface area contributed by atoms with E-state index in [4.69, 9.17) is 11.1 Å². The van der Waals surface area contributed by atoms with Gasteiger partial charge in [-0.05, 0) is 0 Å². The van der Waals surface area contributed by atoms with E-state index in [1.807, 2.05) is 0 Å². The molecular weight excluding hydrogens is 243 g/mol. The summed E-state index contributed by atoms with van der Waals surface area (Å²) in [6.45, 7) is 0.426. The maximum atomic E-state index is 12.5. The third-order valence-electron chi connectivity index (χ3n) is 2.48. The molecule has 0 bridgehead atoms. The van der Waals surface area contributed by atoms with Crippen LogP contribution in [0.1, 0.15) is 0 Å². The van der Waals surface area contributed by atoms with Crippen LogP contribution in [0.15, 0.2) is 0 Å². The predicted octanol–water partition coefficient (Wildman–Crippen LogP) is 0.165. The van der Waals surface area contributed by atoms with Crippen molar-refractivity contribution in [2.24, 2.45) is 11.7 Å². The van der Waals surface area contributed by atoms with Crippen molar-refractivity contribution < 1.29 is 17.4 Å². The number of hydrogen-bond acceptors (Lipinski definition) is 3. The van der Waals surface area contributed by atoms with Gasteiger partial charge >= 0.3 is 6.18 Å². The van der Waals surface area contributed by atoms with Crippen molar-refractivity contribution >= 4 is 16.6 Å². The van der Waals surface area contributed by atoms with Crippen LogP contribution in [-0.4, -0.2) is 52.3 Å². The molecule has 16 heavy (non-hydrogen) atoms. The number of nitrogens with one attached hydrogen (secondary N) is 1. The number of alkyl halides is 3. The Morgan fingerprint density at radius 2 is 1.94 bits per heavy atom. The highest BCUT2D eigenvalue weighted by Gasteiger charge is 2.43. The molecule has 1 heterocycles. The molecule has 1 aliphatic heterocycles. The third-order valence-corrected chi connectivity index (χ3v) is 3.76. The zero-order valence-electron chi connectivity index (χ0n) is 8.59. The van der Waals surface area contributed by atoms with Crippen molar-refractivity contribution in [2.75, 3.05) is 31.1 Å². The molecule has 0 aromatic carbocycles. The Morgan fingerprint density at radius 3 is 2.31 bits per heavy atom. The minimum absolute atomic E-state index is 0.309. The van der Waals surface area contributed by atoms with E-state index in [-0.39, 0.29) is 6.54 Å². The largest absolute Gasteiger partial charge is 0.399 e. The Kier molecular flexibility index (Phi) is 4.31. The first-order chi connectivity index (χ1) is 7.30. The molecule has 0 radical (unpaired) electrons. The number of nitrogens with zero attached hydrogens (tertiary/aromatic N) is 1. The Labute approximate surface area is 93.9 Å². The molecule has 1 aliphatic rings. The summed E-state index contributed by atoms with van der Waals surface area (Å²) in [5.74, 6) is -2.00. The van der Waals surface area contributed by atoms with E-state index in [1.54, 1.807) is 4.90 Å². The van der Waals surface area contributed by atoms with Gasteiger partial charge in [-0.3, -0.25) is 9.62 Å². The van der Waals surface area contributed by atoms with Gasteiger partial charge in [0.1, 0.15) is 11.8 Å². The first-order valence-electron chi connectivity index (χ1n) is 4.78. The fraction of sp³-hybridized carbons (Fsp3) is 0.875. The van der Waals surface area contributed by atoms with Crippen LogP contribution in [0.3, 0.4) is 0 Å². The Bertz CT molecular complexity index is 285. The molecule has 3 N–H and O–H groups in total. The van der Waals surface area contributed by atoms with E-state index in [0.29, 0.717) is 24.6 Å². The lowest BCUT2D eigenvalue weighted by Crippen LogP contribution is -2.47. The maximum absolute atomic E-state index is 12.5. The second-order valence-electron chi connectivity index (χ2n) is 3.70. The first kappa shape index (κ1) is 13.4. The van der Waals surface area contributed by atoms with Crippen molar-refractivity contribution in [1.82, 2.24) is 4.90 Å². The lowest BCUT2D eigenvalue weighted by molar-refractivity contribution is -0.159. The van der Waals surface area contributed by atoms with Gasteiger partial charge in [-0.25, -0.2) is 0 Å². The summed E-state index contributed by atoms with van der Waals surface area (Å²) in [6, 6.07) is 0. The molecule has 8 heteroatoms. The van der Waals surface area contributed by atoms with E-state index in [0.717, 1.165) is 0 Å². The molecule has 4 nitrogen and oxygen atoms in total. The minimum Gasteiger partial charge on any atom is -0.387 e. The molecule has 0 saturated carbocycles. The fourth-order valence-electron chi connectivity index (χ4n) is 1.49. The molecule has 0 aromatic rings. The molecule has 1 fully saturated rings. The van der Waals surface area contributed by atoms with E-state index in [1.165, 1.54) is 0 Å². The van der Waals surface area contributed by atoms with Crippen molar-refractivity contribution in [3.63, 3.8) is 0 Å². The van der Waals surface area contributed by atoms with Gasteiger partial charge in [0.25, 0.3) is 0 Å². The van der Waals surface area contributed by atoms with E-state index in [9.17, 15) is 17.4 Å². The highest BCUT2D eigenvalue weighted by Crippen LogP contribution is 2.27. The summed E-state index contributed by atoms with van der Waals surface area (Å²) in [4.78, 5) is 1.56. The summed E-state index contributed by atoms with van der Waals surface area (Å²) in [7, 11) is -0.915. The number of nitrogens with two attached hydrogens (primary N) is 1. The lowest BCUT2D eigenvalue weighted by atomic mass is 10.1. The monoisotopic (exact) mass is 257 g/mol. The average Bonchev–Trinajstić information content (AvgIpc) is 2.14. The second kappa shape index (κ2) is 5.13. The highest BCUT2D eigenvalue weighted by atomic mass is 32.2. The summed E-state index contributed by atoms with van der Waals surface area (Å²) in [5, 5.41) is 6.94. The van der Waals surface area contributed by atoms with Gasteiger partial charge in [0.2, 0.25) is 0 Å². The molecule has 94 valence electrons. The quantitative estimate of drug-likeness (QED) is 0.559. The summed E-state index contributed by atoms with van der Waals surface area (Å²) < 4.78 is 48.5. The number of rotatable bonds is 3. The summed E-state index contributed by atoms with van der Waals surface area (Å²) in [5.41, 5.74) is 4.94. The number of halogens is 3. The van der Waals surface area contributed by atoms with Crippen LogP contribution in [0.5, 0.6) is 0 Å². The normalized spacial score (nSPS) is 21.9. The average molecular weight is 257 g/mol. The van der Waals surface area contributed by atoms with Crippen LogP contribution in [0, 0.1) is 11.3 Å². The molecule has 1 unspecified atom stereocenters. The van der Waals surface area contributed by atoms with Gasteiger partial charge in [0.15, 0.2) is 0 Å². The zero-order chi connectivity index (χ0) is 12.3. The van der Waals surface area contributed by atoms with Crippen molar-refractivity contribution in [3.8, 4) is 0 Å². The standard InChI is InChI=1S/C8H14F3N3OS/c9-8(10,11)6(7(12)13)5-14-1-3-16(15)4-2-14/h6H,1-5H2,(H3,12,13). The van der Waals surface area contributed by atoms with Gasteiger partial charge in [-0.1, -0.05) is 0 Å². The zero-order valence-corrected chi connectivity index (χ0v) is 9.40. The molecule has 0 amide bonds. The molecule has 1 atom stereocenters. The molecule has 1 rings (SSSR count). The van der Waals surface area contributed by atoms with Crippen molar-refractivity contribution in [2.45, 2.75) is 6.18 Å². The van der Waals surface area contributed by atoms with Crippen LogP contribution in [0.2, 0.25) is 0 Å². The minimum atomic E-state index is -4.48. The topological polar surface area (TPSA) is 70.2 Å². The van der Waals surface area contributed by atoms with Gasteiger partial charge in [0, 0.05) is 41.9 Å². The molecule has 1 saturated heterocycles. The smallest absolute Gasteiger partial charge is 0.387 e. The van der Waals surface area contributed by atoms with Crippen molar-refractivity contribution in [3.05, 3.63) is 0 Å². The first-order valence-corrected chi connectivity index (χ1v) is 6.27. The Balaban J connectivity index is 2.56. The third kappa shape index (κ3) is 3.75. The maximum Gasteiger partial charge on any atom is 0.399 e. The molecule has 0 aliphatic carbocycles. The Hall–Kier alpha value is -0.630. The summed E-state index contributed by atoms with van der Waals surface area (Å²) >= 11 is 0. The molecular formula is C8H14F3N3OS. The van der Waals surface area contributed by atoms with Crippen LogP contribution in [-0.2, 0) is 10.8 Å². The van der Waals surface area contributed by atoms with Gasteiger partial charge in [-0.15, -0.1) is 0 Å². The van der Waals surface area contributed by atoms with E-state index in [2.05, 4.69) is 0 Å². The number of amidine groups is 1. The van der Waals surface area contributed by atoms with E-state index >= 15 is 0 Å².